The van der Waals surface area contributed by atoms with Crippen molar-refractivity contribution in [2.24, 2.45) is 15.7 Å². The predicted octanol–water partition coefficient (Wildman–Crippen LogP) is 0.280. The van der Waals surface area contributed by atoms with Crippen LogP contribution in [-0.4, -0.2) is 29.6 Å². The summed E-state index contributed by atoms with van der Waals surface area (Å²) in [6, 6.07) is -0.511. The Hall–Kier alpha value is -0.840. The zero-order valence-electron chi connectivity index (χ0n) is 5.44. The Balaban J connectivity index is 2.75. The van der Waals surface area contributed by atoms with Crippen molar-refractivity contribution in [2.45, 2.75) is 5.25 Å². The van der Waals surface area contributed by atoms with Gasteiger partial charge in [0, 0.05) is 6.21 Å². The fourth-order valence-electron chi connectivity index (χ4n) is 0.592. The van der Waals surface area contributed by atoms with Gasteiger partial charge in [-0.1, -0.05) is 0 Å². The molecule has 2 amide bonds. The molecule has 0 saturated carbocycles. The average Bonchev–Trinajstić information content (AvgIpc) is 1.88. The maximum absolute atomic E-state index is 10.5. The second-order valence-corrected chi connectivity index (χ2v) is 2.73. The highest BCUT2D eigenvalue weighted by atomic mass is 32.2. The Morgan fingerprint density at radius 2 is 2.50 bits per heavy atom. The number of amides is 2. The fraction of sp³-hybridized carbons (Fsp3) is 0.400. The van der Waals surface area contributed by atoms with Gasteiger partial charge < -0.3 is 5.73 Å². The SMILES string of the molecule is CSC1C=NC(=O)N=C1N. The fourth-order valence-corrected chi connectivity index (χ4v) is 1.07. The number of aliphatic imine (C=N–C) groups is 2. The van der Waals surface area contributed by atoms with E-state index in [1.165, 1.54) is 18.0 Å². The Kier molecular flexibility index (Phi) is 2.06. The second kappa shape index (κ2) is 2.83. The van der Waals surface area contributed by atoms with Crippen LogP contribution in [0.25, 0.3) is 0 Å². The number of nitrogens with two attached hydrogens (primary N) is 1. The molecule has 1 heterocycles. The van der Waals surface area contributed by atoms with E-state index in [1.807, 2.05) is 6.26 Å². The van der Waals surface area contributed by atoms with Crippen molar-refractivity contribution in [3.8, 4) is 0 Å². The van der Waals surface area contributed by atoms with Crippen LogP contribution in [0.15, 0.2) is 9.98 Å². The zero-order chi connectivity index (χ0) is 7.56. The third kappa shape index (κ3) is 1.36. The molecule has 1 aliphatic rings. The molecule has 1 aliphatic heterocycles. The van der Waals surface area contributed by atoms with Gasteiger partial charge in [0.05, 0.1) is 5.25 Å². The van der Waals surface area contributed by atoms with E-state index in [0.29, 0.717) is 5.84 Å². The summed E-state index contributed by atoms with van der Waals surface area (Å²) in [5.74, 6) is 0.340. The molecule has 10 heavy (non-hydrogen) atoms. The molecule has 1 atom stereocenters. The summed E-state index contributed by atoms with van der Waals surface area (Å²) >= 11 is 1.50. The minimum Gasteiger partial charge on any atom is -0.386 e. The average molecular weight is 157 g/mol. The zero-order valence-corrected chi connectivity index (χ0v) is 6.26. The van der Waals surface area contributed by atoms with Gasteiger partial charge in [0.2, 0.25) is 0 Å². The van der Waals surface area contributed by atoms with Crippen LogP contribution < -0.4 is 5.73 Å². The summed E-state index contributed by atoms with van der Waals surface area (Å²) in [6.45, 7) is 0. The smallest absolute Gasteiger partial charge is 0.368 e. The highest BCUT2D eigenvalue weighted by Gasteiger charge is 2.14. The number of hydrogen-bond acceptors (Lipinski definition) is 3. The highest BCUT2D eigenvalue weighted by Crippen LogP contribution is 2.07. The number of urea groups is 1. The number of carbonyl (C=O) groups is 1. The molecule has 0 aromatic rings. The van der Waals surface area contributed by atoms with Gasteiger partial charge in [-0.05, 0) is 6.26 Å². The Labute approximate surface area is 62.6 Å². The van der Waals surface area contributed by atoms with Crippen LogP contribution >= 0.6 is 11.8 Å². The maximum Gasteiger partial charge on any atom is 0.368 e. The highest BCUT2D eigenvalue weighted by molar-refractivity contribution is 8.00. The molecule has 54 valence electrons. The van der Waals surface area contributed by atoms with Gasteiger partial charge in [0.1, 0.15) is 5.84 Å². The van der Waals surface area contributed by atoms with E-state index in [2.05, 4.69) is 9.98 Å². The van der Waals surface area contributed by atoms with Crippen LogP contribution in [0.1, 0.15) is 0 Å². The molecule has 4 nitrogen and oxygen atoms in total. The molecular weight excluding hydrogens is 150 g/mol. The quantitative estimate of drug-likeness (QED) is 0.594. The number of hydrogen-bond donors (Lipinski definition) is 1. The largest absolute Gasteiger partial charge is 0.386 e. The van der Waals surface area contributed by atoms with E-state index in [0.717, 1.165) is 0 Å². The number of nitrogens with zero attached hydrogens (tertiary/aromatic N) is 2. The molecule has 0 radical (unpaired) electrons. The molecule has 0 saturated heterocycles. The van der Waals surface area contributed by atoms with Gasteiger partial charge in [-0.3, -0.25) is 0 Å². The lowest BCUT2D eigenvalue weighted by molar-refractivity contribution is 0.257. The van der Waals surface area contributed by atoms with Gasteiger partial charge >= 0.3 is 6.03 Å². The summed E-state index contributed by atoms with van der Waals surface area (Å²) in [4.78, 5) is 17.4. The van der Waals surface area contributed by atoms with Crippen LogP contribution in [0.4, 0.5) is 4.79 Å². The third-order valence-corrected chi connectivity index (χ3v) is 1.96. The third-order valence-electron chi connectivity index (χ3n) is 1.09. The van der Waals surface area contributed by atoms with Gasteiger partial charge in [-0.15, -0.1) is 11.8 Å². The van der Waals surface area contributed by atoms with Crippen molar-refractivity contribution >= 4 is 29.8 Å². The lowest BCUT2D eigenvalue weighted by atomic mass is 10.4. The predicted molar refractivity (Wildman–Crippen MR) is 42.8 cm³/mol. The van der Waals surface area contributed by atoms with Crippen LogP contribution in [-0.2, 0) is 0 Å². The second-order valence-electron chi connectivity index (χ2n) is 1.75. The molecule has 2 N–H and O–H groups in total. The van der Waals surface area contributed by atoms with E-state index in [4.69, 9.17) is 5.73 Å². The van der Waals surface area contributed by atoms with E-state index in [1.54, 1.807) is 0 Å². The molecule has 1 unspecified atom stereocenters. The summed E-state index contributed by atoms with van der Waals surface area (Å²) in [5, 5.41) is -0.0299. The van der Waals surface area contributed by atoms with Crippen LogP contribution in [0, 0.1) is 0 Å². The molecule has 1 rings (SSSR count). The molecule has 5 heteroatoms. The Morgan fingerprint density at radius 1 is 1.80 bits per heavy atom. The lowest BCUT2D eigenvalue weighted by Gasteiger charge is -2.09. The van der Waals surface area contributed by atoms with E-state index in [-0.39, 0.29) is 5.25 Å². The molecule has 0 spiro atoms. The normalized spacial score (nSPS) is 24.7. The van der Waals surface area contributed by atoms with Gasteiger partial charge in [0.15, 0.2) is 0 Å². The molecule has 0 aliphatic carbocycles. The van der Waals surface area contributed by atoms with Crippen LogP contribution in [0.3, 0.4) is 0 Å². The minimum absolute atomic E-state index is 0.0299. The molecule has 0 fully saturated rings. The van der Waals surface area contributed by atoms with Gasteiger partial charge in [-0.25, -0.2) is 9.79 Å². The maximum atomic E-state index is 10.5. The Morgan fingerprint density at radius 3 is 3.00 bits per heavy atom. The van der Waals surface area contributed by atoms with Crippen LogP contribution in [0.2, 0.25) is 0 Å². The van der Waals surface area contributed by atoms with Crippen molar-refractivity contribution in [3.05, 3.63) is 0 Å². The van der Waals surface area contributed by atoms with Gasteiger partial charge in [0.25, 0.3) is 0 Å². The molecule has 0 bridgehead atoms. The molecule has 0 aromatic heterocycles. The van der Waals surface area contributed by atoms with E-state index in [9.17, 15) is 4.79 Å². The summed E-state index contributed by atoms with van der Waals surface area (Å²) in [6.07, 6.45) is 3.39. The van der Waals surface area contributed by atoms with Crippen molar-refractivity contribution in [3.63, 3.8) is 0 Å². The Bertz CT molecular complexity index is 211. The first-order chi connectivity index (χ1) is 4.74. The standard InChI is InChI=1S/C5H7N3OS/c1-10-3-2-7-5(9)8-4(3)6/h2-3H,1H3,(H2,6,8,9). The van der Waals surface area contributed by atoms with E-state index >= 15 is 0 Å². The molecular formula is C5H7N3OS. The number of amidine groups is 1. The number of rotatable bonds is 1. The number of carbonyl (C=O) groups excluding carboxylic acids is 1. The lowest BCUT2D eigenvalue weighted by Crippen LogP contribution is -2.30. The topological polar surface area (TPSA) is 67.8 Å². The number of thioether (sulfide) groups is 1. The summed E-state index contributed by atoms with van der Waals surface area (Å²) in [7, 11) is 0. The molecule has 0 aromatic carbocycles. The van der Waals surface area contributed by atoms with Crippen molar-refractivity contribution < 1.29 is 4.79 Å². The summed E-state index contributed by atoms with van der Waals surface area (Å²) < 4.78 is 0. The van der Waals surface area contributed by atoms with Crippen molar-refractivity contribution in [2.75, 3.05) is 6.26 Å². The van der Waals surface area contributed by atoms with Crippen LogP contribution in [0.5, 0.6) is 0 Å². The monoisotopic (exact) mass is 157 g/mol. The first-order valence-electron chi connectivity index (χ1n) is 2.69. The first kappa shape index (κ1) is 7.27. The van der Waals surface area contributed by atoms with Crippen molar-refractivity contribution in [1.29, 1.82) is 0 Å². The van der Waals surface area contributed by atoms with E-state index < -0.39 is 6.03 Å². The summed E-state index contributed by atoms with van der Waals surface area (Å²) in [5.41, 5.74) is 5.40. The van der Waals surface area contributed by atoms with Crippen molar-refractivity contribution in [1.82, 2.24) is 0 Å². The minimum atomic E-state index is -0.511. The first-order valence-corrected chi connectivity index (χ1v) is 3.98. The van der Waals surface area contributed by atoms with Gasteiger partial charge in [-0.2, -0.15) is 4.99 Å².